The lowest BCUT2D eigenvalue weighted by atomic mass is 9.89. The lowest BCUT2D eigenvalue weighted by Gasteiger charge is -2.41. The van der Waals surface area contributed by atoms with Gasteiger partial charge in [0.05, 0.1) is 37.1 Å². The zero-order valence-corrected chi connectivity index (χ0v) is 17.3. The van der Waals surface area contributed by atoms with Crippen molar-refractivity contribution in [2.45, 2.75) is 31.3 Å². The van der Waals surface area contributed by atoms with Crippen LogP contribution in [0.25, 0.3) is 10.4 Å². The molecule has 0 aliphatic carbocycles. The number of piperidine rings is 1. The number of nitrogens with one attached hydrogen (secondary N) is 1. The van der Waals surface area contributed by atoms with Gasteiger partial charge in [-0.3, -0.25) is 5.32 Å². The van der Waals surface area contributed by atoms with Crippen LogP contribution in [0.4, 0.5) is 10.6 Å². The van der Waals surface area contributed by atoms with Crippen molar-refractivity contribution in [2.24, 2.45) is 0 Å². The SMILES string of the molecule is C[N+]12CCCC(OC(=O)Nc3ncsc3-c3ccccc3)(CC1)CC2.[Br-]. The second-order valence-corrected chi connectivity index (χ2v) is 8.34. The Morgan fingerprint density at radius 3 is 2.65 bits per heavy atom. The zero-order chi connectivity index (χ0) is 17.3. The number of anilines is 1. The van der Waals surface area contributed by atoms with E-state index < -0.39 is 0 Å². The Labute approximate surface area is 168 Å². The van der Waals surface area contributed by atoms with E-state index >= 15 is 0 Å². The van der Waals surface area contributed by atoms with Gasteiger partial charge in [0.1, 0.15) is 5.60 Å². The van der Waals surface area contributed by atoms with E-state index in [1.165, 1.54) is 17.9 Å². The Morgan fingerprint density at radius 1 is 1.19 bits per heavy atom. The number of quaternary nitrogens is 1. The highest BCUT2D eigenvalue weighted by molar-refractivity contribution is 7.13. The highest BCUT2D eigenvalue weighted by Crippen LogP contribution is 2.38. The van der Waals surface area contributed by atoms with Gasteiger partial charge in [-0.1, -0.05) is 30.3 Å². The lowest BCUT2D eigenvalue weighted by molar-refractivity contribution is -0.913. The number of hydrogen-bond donors (Lipinski definition) is 1. The number of halogens is 1. The molecule has 5 rings (SSSR count). The quantitative estimate of drug-likeness (QED) is 0.732. The fourth-order valence-electron chi connectivity index (χ4n) is 4.04. The van der Waals surface area contributed by atoms with Crippen LogP contribution in [0, 0.1) is 0 Å². The number of aromatic nitrogens is 1. The molecule has 0 radical (unpaired) electrons. The molecule has 5 nitrogen and oxygen atoms in total. The van der Waals surface area contributed by atoms with E-state index in [2.05, 4.69) is 17.3 Å². The summed E-state index contributed by atoms with van der Waals surface area (Å²) in [6.07, 6.45) is 3.63. The number of rotatable bonds is 3. The topological polar surface area (TPSA) is 51.2 Å². The highest BCUT2D eigenvalue weighted by Gasteiger charge is 2.46. The van der Waals surface area contributed by atoms with E-state index in [1.54, 1.807) is 5.51 Å². The Morgan fingerprint density at radius 2 is 1.92 bits per heavy atom. The Bertz CT molecular complexity index is 757. The predicted molar refractivity (Wildman–Crippen MR) is 99.6 cm³/mol. The van der Waals surface area contributed by atoms with Crippen LogP contribution in [0.3, 0.4) is 0 Å². The van der Waals surface area contributed by atoms with Crippen molar-refractivity contribution in [1.82, 2.24) is 4.98 Å². The van der Waals surface area contributed by atoms with Gasteiger partial charge in [-0.05, 0) is 12.0 Å². The van der Waals surface area contributed by atoms with Crippen molar-refractivity contribution >= 4 is 23.2 Å². The van der Waals surface area contributed by atoms with Gasteiger partial charge in [-0.2, -0.15) is 0 Å². The van der Waals surface area contributed by atoms with E-state index in [0.717, 1.165) is 53.7 Å². The molecule has 140 valence electrons. The molecular formula is C19H24BrN3O2S. The van der Waals surface area contributed by atoms with Gasteiger partial charge in [0.2, 0.25) is 0 Å². The number of benzene rings is 1. The summed E-state index contributed by atoms with van der Waals surface area (Å²) in [6.45, 7) is 3.38. The van der Waals surface area contributed by atoms with Crippen LogP contribution in [-0.2, 0) is 4.74 Å². The molecule has 7 heteroatoms. The summed E-state index contributed by atoms with van der Waals surface area (Å²) >= 11 is 1.52. The number of nitrogens with zero attached hydrogens (tertiary/aromatic N) is 2. The van der Waals surface area contributed by atoms with Gasteiger partial charge >= 0.3 is 6.09 Å². The van der Waals surface area contributed by atoms with Crippen LogP contribution < -0.4 is 22.3 Å². The molecule has 3 aliphatic heterocycles. The van der Waals surface area contributed by atoms with Gasteiger partial charge in [0.25, 0.3) is 0 Å². The van der Waals surface area contributed by atoms with Crippen LogP contribution in [0.2, 0.25) is 0 Å². The van der Waals surface area contributed by atoms with E-state index in [-0.39, 0.29) is 28.7 Å². The van der Waals surface area contributed by atoms with Gasteiger partial charge in [0, 0.05) is 19.3 Å². The standard InChI is InChI=1S/C19H23N3O2S.BrH/c1-22-11-5-8-19(9-12-22,10-13-22)24-18(23)21-17-16(25-14-20-17)15-6-3-2-4-7-15;/h2-4,6-7,14H,5,8-13H2,1H3;1H. The van der Waals surface area contributed by atoms with E-state index in [1.807, 2.05) is 30.3 Å². The van der Waals surface area contributed by atoms with E-state index in [9.17, 15) is 4.79 Å². The molecule has 1 N–H and O–H groups in total. The number of carbonyl (C=O) groups is 1. The Hall–Kier alpha value is -1.44. The lowest BCUT2D eigenvalue weighted by Crippen LogP contribution is -3.00. The molecule has 4 heterocycles. The van der Waals surface area contributed by atoms with Crippen LogP contribution in [0.15, 0.2) is 35.8 Å². The number of amides is 1. The van der Waals surface area contributed by atoms with E-state index in [0.29, 0.717) is 5.82 Å². The maximum absolute atomic E-state index is 12.6. The molecule has 3 fully saturated rings. The molecule has 1 aromatic carbocycles. The fourth-order valence-corrected chi connectivity index (χ4v) is 4.79. The number of thiazole rings is 1. The molecule has 0 atom stereocenters. The molecule has 2 aromatic rings. The van der Waals surface area contributed by atoms with Crippen LogP contribution in [0.1, 0.15) is 25.7 Å². The maximum Gasteiger partial charge on any atom is 0.413 e. The van der Waals surface area contributed by atoms with Crippen molar-refractivity contribution in [2.75, 3.05) is 32.0 Å². The van der Waals surface area contributed by atoms with Crippen LogP contribution >= 0.6 is 11.3 Å². The summed E-state index contributed by atoms with van der Waals surface area (Å²) < 4.78 is 7.08. The average molecular weight is 438 g/mol. The molecule has 1 aromatic heterocycles. The first-order chi connectivity index (χ1) is 12.1. The highest BCUT2D eigenvalue weighted by atomic mass is 79.9. The third-order valence-corrected chi connectivity index (χ3v) is 6.55. The summed E-state index contributed by atoms with van der Waals surface area (Å²) in [5.41, 5.74) is 2.52. The first kappa shape index (κ1) is 19.3. The van der Waals surface area contributed by atoms with Crippen molar-refractivity contribution in [1.29, 1.82) is 0 Å². The third-order valence-electron chi connectivity index (χ3n) is 5.68. The van der Waals surface area contributed by atoms with Crippen LogP contribution in [-0.4, -0.2) is 47.8 Å². The van der Waals surface area contributed by atoms with Gasteiger partial charge in [-0.25, -0.2) is 9.78 Å². The minimum absolute atomic E-state index is 0. The fraction of sp³-hybridized carbons (Fsp3) is 0.474. The van der Waals surface area contributed by atoms with Crippen LogP contribution in [0.5, 0.6) is 0 Å². The Kier molecular flexibility index (Phi) is 5.69. The van der Waals surface area contributed by atoms with Crippen molar-refractivity contribution in [3.63, 3.8) is 0 Å². The molecule has 0 spiro atoms. The van der Waals surface area contributed by atoms with Gasteiger partial charge in [-0.15, -0.1) is 11.3 Å². The smallest absolute Gasteiger partial charge is 0.413 e. The summed E-state index contributed by atoms with van der Waals surface area (Å²) in [6, 6.07) is 9.99. The summed E-state index contributed by atoms with van der Waals surface area (Å²) in [5, 5.41) is 2.88. The number of ether oxygens (including phenoxy) is 1. The molecule has 2 bridgehead atoms. The molecular weight excluding hydrogens is 414 g/mol. The van der Waals surface area contributed by atoms with Gasteiger partial charge in [0.15, 0.2) is 5.82 Å². The first-order valence-electron chi connectivity index (χ1n) is 8.90. The van der Waals surface area contributed by atoms with Crippen molar-refractivity contribution in [3.8, 4) is 10.4 Å². The first-order valence-corrected chi connectivity index (χ1v) is 9.78. The maximum atomic E-state index is 12.6. The van der Waals surface area contributed by atoms with Crippen molar-refractivity contribution in [3.05, 3.63) is 35.8 Å². The second kappa shape index (κ2) is 7.66. The predicted octanol–water partition coefficient (Wildman–Crippen LogP) is 1.14. The number of fused-ring (bicyclic) bond motifs is 4. The summed E-state index contributed by atoms with van der Waals surface area (Å²) in [4.78, 5) is 17.8. The zero-order valence-electron chi connectivity index (χ0n) is 14.9. The average Bonchev–Trinajstić information content (AvgIpc) is 2.92. The number of hydrogen-bond acceptors (Lipinski definition) is 4. The third kappa shape index (κ3) is 3.94. The molecule has 0 unspecified atom stereocenters. The molecule has 1 amide bonds. The molecule has 3 saturated heterocycles. The molecule has 3 aliphatic rings. The molecule has 26 heavy (non-hydrogen) atoms. The Balaban J connectivity index is 0.00000196. The summed E-state index contributed by atoms with van der Waals surface area (Å²) in [5.74, 6) is 0.586. The minimum Gasteiger partial charge on any atom is -1.00 e. The number of carbonyl (C=O) groups excluding carboxylic acids is 1. The van der Waals surface area contributed by atoms with Crippen molar-refractivity contribution < 1.29 is 31.0 Å². The second-order valence-electron chi connectivity index (χ2n) is 7.49. The van der Waals surface area contributed by atoms with E-state index in [4.69, 9.17) is 4.74 Å². The minimum atomic E-state index is -0.374. The molecule has 0 saturated carbocycles. The normalized spacial score (nSPS) is 27.3. The monoisotopic (exact) mass is 437 g/mol. The largest absolute Gasteiger partial charge is 1.00 e. The summed E-state index contributed by atoms with van der Waals surface area (Å²) in [7, 11) is 2.32. The van der Waals surface area contributed by atoms with Gasteiger partial charge < -0.3 is 26.2 Å².